The van der Waals surface area contributed by atoms with Crippen LogP contribution >= 0.6 is 0 Å². The van der Waals surface area contributed by atoms with E-state index in [-0.39, 0.29) is 0 Å². The van der Waals surface area contributed by atoms with Crippen LogP contribution in [-0.2, 0) is 6.42 Å². The Bertz CT molecular complexity index is 417. The number of fused-ring (bicyclic) bond motifs is 1. The lowest BCUT2D eigenvalue weighted by atomic mass is 10.0. The lowest BCUT2D eigenvalue weighted by molar-refractivity contribution is 0.162. The molecule has 0 saturated carbocycles. The third-order valence-corrected chi connectivity index (χ3v) is 2.91. The monoisotopic (exact) mass is 201 g/mol. The van der Waals surface area contributed by atoms with Gasteiger partial charge in [-0.3, -0.25) is 4.98 Å². The number of rotatable bonds is 0. The van der Waals surface area contributed by atoms with Gasteiger partial charge in [0.05, 0.1) is 11.8 Å². The maximum Gasteiger partial charge on any atom is 0.0963 e. The minimum Gasteiger partial charge on any atom is -0.387 e. The molecule has 0 fully saturated rings. The normalized spacial score (nSPS) is 20.2. The Morgan fingerprint density at radius 2 is 2.33 bits per heavy atom. The number of aryl methyl sites for hydroxylation is 1. The zero-order valence-electron chi connectivity index (χ0n) is 8.95. The molecule has 0 radical (unpaired) electrons. The second-order valence-electron chi connectivity index (χ2n) is 4.08. The van der Waals surface area contributed by atoms with Gasteiger partial charge in [0, 0.05) is 11.3 Å². The molecule has 2 rings (SSSR count). The first-order chi connectivity index (χ1) is 7.22. The Hall–Kier alpha value is -1.33. The van der Waals surface area contributed by atoms with Gasteiger partial charge in [-0.15, -0.1) is 6.42 Å². The third-order valence-electron chi connectivity index (χ3n) is 2.91. The minimum atomic E-state index is -0.436. The van der Waals surface area contributed by atoms with Crippen molar-refractivity contribution in [3.8, 4) is 12.3 Å². The van der Waals surface area contributed by atoms with Crippen molar-refractivity contribution >= 4 is 0 Å². The van der Waals surface area contributed by atoms with Gasteiger partial charge in [-0.2, -0.15) is 0 Å². The standard InChI is InChI=1S/C13H15NO/c1-3-10-8-9(2)14-13-11(10)6-4-5-7-12(13)15/h1,8,12,15H,4-7H2,2H3. The molecule has 78 valence electrons. The fourth-order valence-corrected chi connectivity index (χ4v) is 2.17. The summed E-state index contributed by atoms with van der Waals surface area (Å²) in [5, 5.41) is 9.95. The molecular formula is C13H15NO. The molecule has 0 saturated heterocycles. The van der Waals surface area contributed by atoms with E-state index in [1.54, 1.807) is 0 Å². The van der Waals surface area contributed by atoms with Crippen molar-refractivity contribution < 1.29 is 5.11 Å². The van der Waals surface area contributed by atoms with E-state index in [0.717, 1.165) is 48.2 Å². The molecule has 2 heteroatoms. The van der Waals surface area contributed by atoms with E-state index in [4.69, 9.17) is 6.42 Å². The number of aliphatic hydroxyl groups excluding tert-OH is 1. The van der Waals surface area contributed by atoms with Gasteiger partial charge >= 0.3 is 0 Å². The molecule has 0 amide bonds. The predicted octanol–water partition coefficient (Wildman–Crippen LogP) is 2.13. The Morgan fingerprint density at radius 3 is 3.07 bits per heavy atom. The average Bonchev–Trinajstić information content (AvgIpc) is 2.40. The first kappa shape index (κ1) is 10.2. The van der Waals surface area contributed by atoms with Crippen molar-refractivity contribution in [1.82, 2.24) is 4.98 Å². The average molecular weight is 201 g/mol. The molecule has 2 nitrogen and oxygen atoms in total. The van der Waals surface area contributed by atoms with Crippen LogP contribution in [0.1, 0.15) is 47.9 Å². The summed E-state index contributed by atoms with van der Waals surface area (Å²) in [7, 11) is 0. The van der Waals surface area contributed by atoms with E-state index in [1.165, 1.54) is 0 Å². The van der Waals surface area contributed by atoms with Gasteiger partial charge in [-0.1, -0.05) is 12.3 Å². The smallest absolute Gasteiger partial charge is 0.0963 e. The van der Waals surface area contributed by atoms with Gasteiger partial charge < -0.3 is 5.11 Å². The van der Waals surface area contributed by atoms with E-state index in [1.807, 2.05) is 13.0 Å². The first-order valence-electron chi connectivity index (χ1n) is 5.37. The highest BCUT2D eigenvalue weighted by molar-refractivity contribution is 5.44. The van der Waals surface area contributed by atoms with Crippen molar-refractivity contribution in [3.05, 3.63) is 28.6 Å². The molecule has 1 aromatic rings. The Labute approximate surface area is 90.4 Å². The Morgan fingerprint density at radius 1 is 1.53 bits per heavy atom. The SMILES string of the molecule is C#Cc1cc(C)nc2c1CCCCC2O. The fraction of sp³-hybridized carbons (Fsp3) is 0.462. The van der Waals surface area contributed by atoms with Gasteiger partial charge in [0.25, 0.3) is 0 Å². The molecule has 1 N–H and O–H groups in total. The molecule has 1 aliphatic carbocycles. The van der Waals surface area contributed by atoms with E-state index in [9.17, 15) is 5.11 Å². The summed E-state index contributed by atoms with van der Waals surface area (Å²) in [4.78, 5) is 4.42. The first-order valence-corrected chi connectivity index (χ1v) is 5.37. The second-order valence-corrected chi connectivity index (χ2v) is 4.08. The van der Waals surface area contributed by atoms with Gasteiger partial charge in [0.15, 0.2) is 0 Å². The molecule has 0 bridgehead atoms. The quantitative estimate of drug-likeness (QED) is 0.515. The zero-order valence-corrected chi connectivity index (χ0v) is 8.95. The molecule has 1 unspecified atom stereocenters. The molecular weight excluding hydrogens is 186 g/mol. The Kier molecular flexibility index (Phi) is 2.75. The highest BCUT2D eigenvalue weighted by Gasteiger charge is 2.20. The van der Waals surface area contributed by atoms with E-state index >= 15 is 0 Å². The van der Waals surface area contributed by atoms with E-state index in [2.05, 4.69) is 10.9 Å². The lowest BCUT2D eigenvalue weighted by Gasteiger charge is -2.13. The van der Waals surface area contributed by atoms with Gasteiger partial charge in [0.1, 0.15) is 0 Å². The largest absolute Gasteiger partial charge is 0.387 e. The summed E-state index contributed by atoms with van der Waals surface area (Å²) in [6.45, 7) is 1.92. The molecule has 0 aliphatic heterocycles. The number of nitrogens with zero attached hydrogens (tertiary/aromatic N) is 1. The molecule has 1 aliphatic rings. The maximum atomic E-state index is 9.95. The van der Waals surface area contributed by atoms with Crippen LogP contribution in [-0.4, -0.2) is 10.1 Å². The number of hydrogen-bond donors (Lipinski definition) is 1. The summed E-state index contributed by atoms with van der Waals surface area (Å²) in [5.74, 6) is 2.69. The van der Waals surface area contributed by atoms with Crippen LogP contribution in [0.4, 0.5) is 0 Å². The minimum absolute atomic E-state index is 0.436. The van der Waals surface area contributed by atoms with Crippen molar-refractivity contribution in [1.29, 1.82) is 0 Å². The fourth-order valence-electron chi connectivity index (χ4n) is 2.17. The molecule has 1 atom stereocenters. The third kappa shape index (κ3) is 1.88. The van der Waals surface area contributed by atoms with Crippen LogP contribution in [0.3, 0.4) is 0 Å². The van der Waals surface area contributed by atoms with Crippen molar-refractivity contribution in [2.75, 3.05) is 0 Å². The zero-order chi connectivity index (χ0) is 10.8. The van der Waals surface area contributed by atoms with Crippen LogP contribution in [0.25, 0.3) is 0 Å². The van der Waals surface area contributed by atoms with Crippen LogP contribution < -0.4 is 0 Å². The maximum absolute atomic E-state index is 9.95. The lowest BCUT2D eigenvalue weighted by Crippen LogP contribution is -2.06. The topological polar surface area (TPSA) is 33.1 Å². The van der Waals surface area contributed by atoms with Gasteiger partial charge in [0.2, 0.25) is 0 Å². The highest BCUT2D eigenvalue weighted by Crippen LogP contribution is 2.29. The summed E-state index contributed by atoms with van der Waals surface area (Å²) in [5.41, 5.74) is 3.68. The number of aromatic nitrogens is 1. The summed E-state index contributed by atoms with van der Waals surface area (Å²) in [6.07, 6.45) is 8.92. The number of aliphatic hydroxyl groups is 1. The highest BCUT2D eigenvalue weighted by atomic mass is 16.3. The molecule has 1 aromatic heterocycles. The van der Waals surface area contributed by atoms with E-state index in [0.29, 0.717) is 0 Å². The van der Waals surface area contributed by atoms with Gasteiger partial charge in [-0.25, -0.2) is 0 Å². The van der Waals surface area contributed by atoms with Crippen LogP contribution in [0.2, 0.25) is 0 Å². The van der Waals surface area contributed by atoms with E-state index < -0.39 is 6.10 Å². The summed E-state index contributed by atoms with van der Waals surface area (Å²) in [6, 6.07) is 1.93. The Balaban J connectivity index is 2.59. The van der Waals surface area contributed by atoms with Crippen molar-refractivity contribution in [2.45, 2.75) is 38.7 Å². The van der Waals surface area contributed by atoms with Crippen molar-refractivity contribution in [3.63, 3.8) is 0 Å². The summed E-state index contributed by atoms with van der Waals surface area (Å²) >= 11 is 0. The molecule has 1 heterocycles. The number of pyridine rings is 1. The van der Waals surface area contributed by atoms with Crippen molar-refractivity contribution in [2.24, 2.45) is 0 Å². The van der Waals surface area contributed by atoms with Crippen LogP contribution in [0.15, 0.2) is 6.07 Å². The predicted molar refractivity (Wildman–Crippen MR) is 59.4 cm³/mol. The molecule has 0 aromatic carbocycles. The van der Waals surface area contributed by atoms with Gasteiger partial charge in [-0.05, 0) is 37.8 Å². The van der Waals surface area contributed by atoms with Crippen LogP contribution in [0, 0.1) is 19.3 Å². The van der Waals surface area contributed by atoms with Crippen LogP contribution in [0.5, 0.6) is 0 Å². The number of terminal acetylenes is 1. The second kappa shape index (κ2) is 4.04. The molecule has 0 spiro atoms. The summed E-state index contributed by atoms with van der Waals surface area (Å²) < 4.78 is 0. The number of hydrogen-bond acceptors (Lipinski definition) is 2. The molecule has 15 heavy (non-hydrogen) atoms.